The number of hydrogen-bond acceptors (Lipinski definition) is 4. The third kappa shape index (κ3) is 2.02. The minimum absolute atomic E-state index is 0.200. The average Bonchev–Trinajstić information content (AvgIpc) is 2.26. The Morgan fingerprint density at radius 2 is 2.24 bits per heavy atom. The van der Waals surface area contributed by atoms with Crippen LogP contribution >= 0.6 is 0 Å². The Bertz CT molecular complexity index is 530. The van der Waals surface area contributed by atoms with E-state index in [0.717, 1.165) is 0 Å². The first-order valence-corrected chi connectivity index (χ1v) is 7.00. The molecule has 1 aromatic carbocycles. The zero-order valence-corrected chi connectivity index (χ0v) is 10.4. The van der Waals surface area contributed by atoms with Crippen molar-refractivity contribution in [2.45, 2.75) is 17.1 Å². The molecular formula is C11H15FN2O2S. The summed E-state index contributed by atoms with van der Waals surface area (Å²) in [7, 11) is -3.34. The molecule has 94 valence electrons. The fourth-order valence-electron chi connectivity index (χ4n) is 2.07. The minimum atomic E-state index is -3.34. The van der Waals surface area contributed by atoms with Crippen LogP contribution in [0.25, 0.3) is 0 Å². The summed E-state index contributed by atoms with van der Waals surface area (Å²) in [5.41, 5.74) is 5.91. The second-order valence-corrected chi connectivity index (χ2v) is 6.54. The molecule has 0 fully saturated rings. The van der Waals surface area contributed by atoms with Gasteiger partial charge in [-0.25, -0.2) is 12.8 Å². The van der Waals surface area contributed by atoms with Crippen LogP contribution in [0.2, 0.25) is 0 Å². The lowest BCUT2D eigenvalue weighted by Crippen LogP contribution is -2.43. The molecule has 1 aromatic rings. The second kappa shape index (κ2) is 4.27. The smallest absolute Gasteiger partial charge is 0.184 e. The van der Waals surface area contributed by atoms with Crippen molar-refractivity contribution in [1.29, 1.82) is 0 Å². The van der Waals surface area contributed by atoms with Crippen molar-refractivity contribution in [3.8, 4) is 0 Å². The molecule has 4 nitrogen and oxygen atoms in total. The lowest BCUT2D eigenvalue weighted by atomic mass is 10.2. The number of rotatable bonds is 2. The number of halogens is 1. The van der Waals surface area contributed by atoms with Crippen molar-refractivity contribution in [1.82, 2.24) is 0 Å². The van der Waals surface area contributed by atoms with Crippen molar-refractivity contribution in [3.63, 3.8) is 0 Å². The molecule has 1 heterocycles. The molecule has 0 saturated heterocycles. The van der Waals surface area contributed by atoms with E-state index in [4.69, 9.17) is 5.73 Å². The van der Waals surface area contributed by atoms with Crippen molar-refractivity contribution in [2.24, 2.45) is 5.73 Å². The van der Waals surface area contributed by atoms with E-state index in [1.165, 1.54) is 18.2 Å². The van der Waals surface area contributed by atoms with Gasteiger partial charge in [0.1, 0.15) is 5.82 Å². The van der Waals surface area contributed by atoms with Gasteiger partial charge in [-0.3, -0.25) is 0 Å². The summed E-state index contributed by atoms with van der Waals surface area (Å²) in [5, 5.41) is -0.494. The summed E-state index contributed by atoms with van der Waals surface area (Å²) in [6, 6.07) is 3.77. The first-order valence-electron chi connectivity index (χ1n) is 5.45. The van der Waals surface area contributed by atoms with Gasteiger partial charge in [0, 0.05) is 19.6 Å². The molecule has 1 unspecified atom stereocenters. The van der Waals surface area contributed by atoms with Crippen LogP contribution < -0.4 is 10.6 Å². The number of nitrogens with two attached hydrogens (primary N) is 1. The van der Waals surface area contributed by atoms with Gasteiger partial charge >= 0.3 is 0 Å². The molecule has 0 aromatic heterocycles. The number of hydrogen-bond donors (Lipinski definition) is 1. The van der Waals surface area contributed by atoms with Crippen LogP contribution in [0, 0.1) is 5.82 Å². The van der Waals surface area contributed by atoms with Crippen LogP contribution in [-0.4, -0.2) is 33.3 Å². The van der Waals surface area contributed by atoms with E-state index >= 15 is 0 Å². The minimum Gasteiger partial charge on any atom is -0.368 e. The molecule has 2 rings (SSSR count). The molecule has 0 aliphatic carbocycles. The Morgan fingerprint density at radius 1 is 1.53 bits per heavy atom. The Balaban J connectivity index is 2.58. The van der Waals surface area contributed by atoms with Crippen molar-refractivity contribution in [3.05, 3.63) is 24.0 Å². The predicted octanol–water partition coefficient (Wildman–Crippen LogP) is 0.767. The van der Waals surface area contributed by atoms with Gasteiger partial charge in [0.2, 0.25) is 0 Å². The van der Waals surface area contributed by atoms with E-state index in [1.54, 1.807) is 6.92 Å². The summed E-state index contributed by atoms with van der Waals surface area (Å²) < 4.78 is 37.4. The molecule has 1 aliphatic heterocycles. The maximum Gasteiger partial charge on any atom is 0.184 e. The highest BCUT2D eigenvalue weighted by Crippen LogP contribution is 2.33. The largest absolute Gasteiger partial charge is 0.368 e. The van der Waals surface area contributed by atoms with Gasteiger partial charge in [0.15, 0.2) is 9.84 Å². The molecule has 0 saturated carbocycles. The van der Waals surface area contributed by atoms with Crippen LogP contribution in [-0.2, 0) is 9.84 Å². The molecular weight excluding hydrogens is 243 g/mol. The Hall–Kier alpha value is -1.14. The van der Waals surface area contributed by atoms with Gasteiger partial charge in [0.25, 0.3) is 0 Å². The van der Waals surface area contributed by atoms with E-state index < -0.39 is 20.9 Å². The number of anilines is 1. The van der Waals surface area contributed by atoms with Crippen molar-refractivity contribution >= 4 is 15.5 Å². The van der Waals surface area contributed by atoms with Gasteiger partial charge in [-0.05, 0) is 25.1 Å². The predicted molar refractivity (Wildman–Crippen MR) is 64.3 cm³/mol. The molecule has 0 amide bonds. The van der Waals surface area contributed by atoms with E-state index in [1.807, 2.05) is 4.90 Å². The molecule has 0 radical (unpaired) electrons. The summed E-state index contributed by atoms with van der Waals surface area (Å²) in [5.74, 6) is -0.435. The summed E-state index contributed by atoms with van der Waals surface area (Å²) in [4.78, 5) is 2.02. The summed E-state index contributed by atoms with van der Waals surface area (Å²) in [6.45, 7) is 2.94. The summed E-state index contributed by atoms with van der Waals surface area (Å²) >= 11 is 0. The van der Waals surface area contributed by atoms with E-state index in [0.29, 0.717) is 25.3 Å². The molecule has 1 aliphatic rings. The molecule has 0 spiro atoms. The fourth-order valence-corrected chi connectivity index (χ4v) is 3.62. The van der Waals surface area contributed by atoms with Crippen LogP contribution in [0.1, 0.15) is 6.92 Å². The lowest BCUT2D eigenvalue weighted by molar-refractivity contribution is 0.570. The van der Waals surface area contributed by atoms with Crippen LogP contribution in [0.4, 0.5) is 10.1 Å². The topological polar surface area (TPSA) is 63.4 Å². The van der Waals surface area contributed by atoms with Gasteiger partial charge in [-0.1, -0.05) is 0 Å². The van der Waals surface area contributed by atoms with Crippen LogP contribution in [0.3, 0.4) is 0 Å². The number of benzene rings is 1. The zero-order valence-electron chi connectivity index (χ0n) is 9.56. The molecule has 6 heteroatoms. The third-order valence-electron chi connectivity index (χ3n) is 2.97. The molecule has 1 atom stereocenters. The second-order valence-electron chi connectivity index (χ2n) is 4.20. The van der Waals surface area contributed by atoms with E-state index in [-0.39, 0.29) is 4.90 Å². The highest BCUT2D eigenvalue weighted by Gasteiger charge is 2.34. The monoisotopic (exact) mass is 258 g/mol. The fraction of sp³-hybridized carbons (Fsp3) is 0.455. The van der Waals surface area contributed by atoms with Crippen LogP contribution in [0.15, 0.2) is 23.1 Å². The van der Waals surface area contributed by atoms with Gasteiger partial charge in [0.05, 0.1) is 15.8 Å². The first kappa shape index (κ1) is 12.3. The van der Waals surface area contributed by atoms with Crippen molar-refractivity contribution < 1.29 is 12.8 Å². The van der Waals surface area contributed by atoms with E-state index in [9.17, 15) is 12.8 Å². The highest BCUT2D eigenvalue weighted by atomic mass is 32.2. The standard InChI is InChI=1S/C11H15FN2O2S/c1-8-7-14(5-4-13)10-6-9(12)2-3-11(10)17(8,15)16/h2-3,6,8H,4-5,7,13H2,1H3. The quantitative estimate of drug-likeness (QED) is 0.796. The zero-order chi connectivity index (χ0) is 12.6. The first-order chi connectivity index (χ1) is 7.96. The van der Waals surface area contributed by atoms with Gasteiger partial charge in [-0.2, -0.15) is 0 Å². The number of sulfone groups is 1. The Kier molecular flexibility index (Phi) is 3.09. The Morgan fingerprint density at radius 3 is 2.88 bits per heavy atom. The molecule has 0 bridgehead atoms. The van der Waals surface area contributed by atoms with Crippen LogP contribution in [0.5, 0.6) is 0 Å². The maximum absolute atomic E-state index is 13.2. The van der Waals surface area contributed by atoms with E-state index in [2.05, 4.69) is 0 Å². The van der Waals surface area contributed by atoms with Gasteiger partial charge in [-0.15, -0.1) is 0 Å². The highest BCUT2D eigenvalue weighted by molar-refractivity contribution is 7.92. The number of nitrogens with zero attached hydrogens (tertiary/aromatic N) is 1. The van der Waals surface area contributed by atoms with Gasteiger partial charge < -0.3 is 10.6 Å². The summed E-state index contributed by atoms with van der Waals surface area (Å²) in [6.07, 6.45) is 0. The average molecular weight is 258 g/mol. The lowest BCUT2D eigenvalue weighted by Gasteiger charge is -2.34. The van der Waals surface area contributed by atoms with Crippen molar-refractivity contribution in [2.75, 3.05) is 24.5 Å². The molecule has 17 heavy (non-hydrogen) atoms. The number of fused-ring (bicyclic) bond motifs is 1. The Labute approximate surface area is 100 Å². The maximum atomic E-state index is 13.2. The normalized spacial score (nSPS) is 22.3. The molecule has 2 N–H and O–H groups in total. The third-order valence-corrected chi connectivity index (χ3v) is 5.14. The SMILES string of the molecule is CC1CN(CCN)c2cc(F)ccc2S1(=O)=O.